The van der Waals surface area contributed by atoms with Gasteiger partial charge in [-0.1, -0.05) is 6.92 Å². The van der Waals surface area contributed by atoms with E-state index in [2.05, 4.69) is 0 Å². The van der Waals surface area contributed by atoms with E-state index in [0.29, 0.717) is 19.5 Å². The summed E-state index contributed by atoms with van der Waals surface area (Å²) in [5, 5.41) is 16.9. The number of carbonyl (C=O) groups is 1. The third-order valence-electron chi connectivity index (χ3n) is 2.06. The molecule has 1 atom stereocenters. The van der Waals surface area contributed by atoms with Crippen LogP contribution in [0.1, 0.15) is 26.2 Å². The summed E-state index contributed by atoms with van der Waals surface area (Å²) in [6, 6.07) is 3.41. The summed E-state index contributed by atoms with van der Waals surface area (Å²) in [5.74, 6) is -0.178. The zero-order chi connectivity index (χ0) is 11.7. The molecule has 0 aliphatic carbocycles. The van der Waals surface area contributed by atoms with Crippen LogP contribution in [0.5, 0.6) is 0 Å². The van der Waals surface area contributed by atoms with Crippen molar-refractivity contribution in [3.63, 3.8) is 0 Å². The Morgan fingerprint density at radius 1 is 1.33 bits per heavy atom. The van der Waals surface area contributed by atoms with Crippen molar-refractivity contribution >= 4 is 5.91 Å². The summed E-state index contributed by atoms with van der Waals surface area (Å²) >= 11 is 0. The van der Waals surface area contributed by atoms with Crippen LogP contribution in [0.2, 0.25) is 0 Å². The van der Waals surface area contributed by atoms with E-state index in [1.165, 1.54) is 4.90 Å². The second-order valence-corrected chi connectivity index (χ2v) is 3.16. The highest BCUT2D eigenvalue weighted by Crippen LogP contribution is 2.00. The molecule has 0 saturated carbocycles. The Balaban J connectivity index is 4.28. The number of hydrogen-bond acceptors (Lipinski definition) is 4. The minimum atomic E-state index is -0.526. The molecule has 0 radical (unpaired) electrons. The molecule has 1 amide bonds. The van der Waals surface area contributed by atoms with Gasteiger partial charge in [-0.05, 0) is 6.42 Å². The van der Waals surface area contributed by atoms with Gasteiger partial charge in [0, 0.05) is 13.1 Å². The minimum Gasteiger partial charge on any atom is -0.339 e. The van der Waals surface area contributed by atoms with Gasteiger partial charge in [0.1, 0.15) is 0 Å². The van der Waals surface area contributed by atoms with Gasteiger partial charge >= 0.3 is 0 Å². The number of nitriles is 2. The van der Waals surface area contributed by atoms with E-state index in [1.807, 2.05) is 19.1 Å². The van der Waals surface area contributed by atoms with Crippen LogP contribution in [0.25, 0.3) is 0 Å². The van der Waals surface area contributed by atoms with E-state index >= 15 is 0 Å². The van der Waals surface area contributed by atoms with Crippen LogP contribution in [0.3, 0.4) is 0 Å². The number of amides is 1. The summed E-state index contributed by atoms with van der Waals surface area (Å²) in [6.07, 6.45) is 1.11. The van der Waals surface area contributed by atoms with Crippen molar-refractivity contribution in [2.24, 2.45) is 5.73 Å². The molecule has 82 valence electrons. The summed E-state index contributed by atoms with van der Waals surface area (Å²) in [7, 11) is 0. The average Bonchev–Trinajstić information content (AvgIpc) is 2.27. The molecule has 0 spiro atoms. The minimum absolute atomic E-state index is 0.178. The van der Waals surface area contributed by atoms with Crippen molar-refractivity contribution < 1.29 is 4.79 Å². The van der Waals surface area contributed by atoms with Crippen LogP contribution in [-0.2, 0) is 4.79 Å². The third kappa shape index (κ3) is 4.99. The van der Waals surface area contributed by atoms with E-state index in [1.54, 1.807) is 0 Å². The smallest absolute Gasteiger partial charge is 0.239 e. The summed E-state index contributed by atoms with van der Waals surface area (Å²) < 4.78 is 0. The molecule has 0 aromatic rings. The van der Waals surface area contributed by atoms with Crippen LogP contribution in [-0.4, -0.2) is 29.9 Å². The van der Waals surface area contributed by atoms with Gasteiger partial charge in [0.25, 0.3) is 0 Å². The fraction of sp³-hybridized carbons (Fsp3) is 0.700. The van der Waals surface area contributed by atoms with E-state index in [9.17, 15) is 4.79 Å². The first kappa shape index (κ1) is 13.4. The van der Waals surface area contributed by atoms with Gasteiger partial charge < -0.3 is 10.6 Å². The molecule has 0 saturated heterocycles. The lowest BCUT2D eigenvalue weighted by Gasteiger charge is -2.23. The maximum absolute atomic E-state index is 11.7. The Kier molecular flexibility index (Phi) is 6.96. The van der Waals surface area contributed by atoms with Crippen LogP contribution in [0.4, 0.5) is 0 Å². The first-order valence-electron chi connectivity index (χ1n) is 4.95. The first-order chi connectivity index (χ1) is 7.17. The zero-order valence-corrected chi connectivity index (χ0v) is 8.94. The fourth-order valence-electron chi connectivity index (χ4n) is 1.11. The van der Waals surface area contributed by atoms with Crippen LogP contribution in [0.15, 0.2) is 0 Å². The van der Waals surface area contributed by atoms with E-state index in [0.717, 1.165) is 0 Å². The number of rotatable bonds is 6. The molecule has 0 aromatic carbocycles. The normalized spacial score (nSPS) is 11.2. The van der Waals surface area contributed by atoms with Crippen molar-refractivity contribution in [2.75, 3.05) is 13.1 Å². The monoisotopic (exact) mass is 208 g/mol. The maximum Gasteiger partial charge on any atom is 0.239 e. The number of nitrogens with zero attached hydrogens (tertiary/aromatic N) is 3. The van der Waals surface area contributed by atoms with Crippen LogP contribution >= 0.6 is 0 Å². The van der Waals surface area contributed by atoms with Gasteiger partial charge in [-0.25, -0.2) is 0 Å². The molecule has 0 heterocycles. The molecule has 0 unspecified atom stereocenters. The molecule has 15 heavy (non-hydrogen) atoms. The fourth-order valence-corrected chi connectivity index (χ4v) is 1.11. The molecule has 5 heteroatoms. The standard InChI is InChI=1S/C10H16N4O/c1-2-9(13)10(15)14(7-3-5-11)8-4-6-12/h9H,2-4,7-8,13H2,1H3/t9-/m1/s1. The van der Waals surface area contributed by atoms with Crippen molar-refractivity contribution in [2.45, 2.75) is 32.2 Å². The molecule has 0 aliphatic heterocycles. The Bertz CT molecular complexity index is 258. The maximum atomic E-state index is 11.7. The van der Waals surface area contributed by atoms with Gasteiger partial charge in [-0.15, -0.1) is 0 Å². The largest absolute Gasteiger partial charge is 0.339 e. The highest BCUT2D eigenvalue weighted by molar-refractivity contribution is 5.81. The summed E-state index contributed by atoms with van der Waals surface area (Å²) in [4.78, 5) is 13.2. The quantitative estimate of drug-likeness (QED) is 0.682. The molecule has 0 bridgehead atoms. The Labute approximate surface area is 90.1 Å². The molecule has 5 nitrogen and oxygen atoms in total. The number of hydrogen-bond donors (Lipinski definition) is 1. The first-order valence-corrected chi connectivity index (χ1v) is 4.95. The van der Waals surface area contributed by atoms with Crippen molar-refractivity contribution in [3.8, 4) is 12.1 Å². The Morgan fingerprint density at radius 3 is 2.13 bits per heavy atom. The predicted octanol–water partition coefficient (Wildman–Crippen LogP) is 0.380. The van der Waals surface area contributed by atoms with Gasteiger partial charge in [-0.2, -0.15) is 10.5 Å². The van der Waals surface area contributed by atoms with Crippen molar-refractivity contribution in [1.82, 2.24) is 4.90 Å². The highest BCUT2D eigenvalue weighted by Gasteiger charge is 2.18. The molecule has 0 fully saturated rings. The van der Waals surface area contributed by atoms with Gasteiger partial charge in [-0.3, -0.25) is 4.79 Å². The molecular formula is C10H16N4O. The topological polar surface area (TPSA) is 93.9 Å². The second kappa shape index (κ2) is 7.78. The van der Waals surface area contributed by atoms with E-state index in [-0.39, 0.29) is 18.7 Å². The lowest BCUT2D eigenvalue weighted by Crippen LogP contribution is -2.44. The lowest BCUT2D eigenvalue weighted by molar-refractivity contribution is -0.132. The van der Waals surface area contributed by atoms with E-state index < -0.39 is 6.04 Å². The van der Waals surface area contributed by atoms with Crippen molar-refractivity contribution in [3.05, 3.63) is 0 Å². The number of carbonyl (C=O) groups excluding carboxylic acids is 1. The van der Waals surface area contributed by atoms with Gasteiger partial charge in [0.15, 0.2) is 0 Å². The van der Waals surface area contributed by atoms with E-state index in [4.69, 9.17) is 16.3 Å². The molecular weight excluding hydrogens is 192 g/mol. The Hall–Kier alpha value is -1.59. The lowest BCUT2D eigenvalue weighted by atomic mass is 10.2. The number of nitrogens with two attached hydrogens (primary N) is 1. The third-order valence-corrected chi connectivity index (χ3v) is 2.06. The SMILES string of the molecule is CC[C@@H](N)C(=O)N(CCC#N)CCC#N. The highest BCUT2D eigenvalue weighted by atomic mass is 16.2. The molecule has 0 rings (SSSR count). The van der Waals surface area contributed by atoms with Crippen LogP contribution < -0.4 is 5.73 Å². The zero-order valence-electron chi connectivity index (χ0n) is 8.94. The Morgan fingerprint density at radius 2 is 1.80 bits per heavy atom. The predicted molar refractivity (Wildman–Crippen MR) is 55.3 cm³/mol. The molecule has 2 N–H and O–H groups in total. The van der Waals surface area contributed by atoms with Gasteiger partial charge in [0.05, 0.1) is 31.0 Å². The van der Waals surface area contributed by atoms with Crippen molar-refractivity contribution in [1.29, 1.82) is 10.5 Å². The summed E-state index contributed by atoms with van der Waals surface area (Å²) in [5.41, 5.74) is 5.60. The molecule has 0 aromatic heterocycles. The molecule has 0 aliphatic rings. The second-order valence-electron chi connectivity index (χ2n) is 3.16. The summed E-state index contributed by atoms with van der Waals surface area (Å²) in [6.45, 7) is 2.53. The average molecular weight is 208 g/mol. The van der Waals surface area contributed by atoms with Gasteiger partial charge in [0.2, 0.25) is 5.91 Å². The van der Waals surface area contributed by atoms with Crippen LogP contribution in [0, 0.1) is 22.7 Å².